The van der Waals surface area contributed by atoms with Crippen LogP contribution >= 0.6 is 0 Å². The van der Waals surface area contributed by atoms with Crippen LogP contribution in [0.5, 0.6) is 0 Å². The molecule has 4 heteroatoms. The van der Waals surface area contributed by atoms with Gasteiger partial charge in [0, 0.05) is 0 Å². The molecule has 60 valence electrons. The van der Waals surface area contributed by atoms with Crippen LogP contribution in [-0.2, 0) is 0 Å². The minimum atomic E-state index is -0.270. The lowest BCUT2D eigenvalue weighted by Crippen LogP contribution is -1.99. The molecule has 0 aromatic heterocycles. The normalized spacial score (nSPS) is 12.8. The maximum absolute atomic E-state index is 9.96. The zero-order valence-electron chi connectivity index (χ0n) is 6.24. The largest absolute Gasteiger partial charge is 0.506 e. The Labute approximate surface area is 64.7 Å². The summed E-state index contributed by atoms with van der Waals surface area (Å²) in [6, 6.07) is 0. The Balaban J connectivity index is 4.53. The van der Waals surface area contributed by atoms with Crippen LogP contribution < -0.4 is 5.73 Å². The van der Waals surface area contributed by atoms with Crippen molar-refractivity contribution in [2.45, 2.75) is 6.92 Å². The van der Waals surface area contributed by atoms with Crippen molar-refractivity contribution in [1.29, 1.82) is 0 Å². The van der Waals surface area contributed by atoms with E-state index < -0.39 is 0 Å². The smallest absolute Gasteiger partial charge is 0.131 e. The Bertz CT molecular complexity index is 229. The standard InChI is InChI=1S/C7H10N2O2/c1-3-6(9-11)4-7(8)5(2)10/h3-4,10H,2,8H2,1H3/b6-3+,7-4+. The van der Waals surface area contributed by atoms with E-state index in [1.807, 2.05) is 0 Å². The van der Waals surface area contributed by atoms with Crippen molar-refractivity contribution in [2.75, 3.05) is 0 Å². The predicted octanol–water partition coefficient (Wildman–Crippen LogP) is 1.57. The maximum atomic E-state index is 9.96. The lowest BCUT2D eigenvalue weighted by atomic mass is 10.3. The van der Waals surface area contributed by atoms with Gasteiger partial charge in [0.1, 0.15) is 11.5 Å². The lowest BCUT2D eigenvalue weighted by molar-refractivity contribution is 0.425. The monoisotopic (exact) mass is 154 g/mol. The van der Waals surface area contributed by atoms with Gasteiger partial charge in [0.2, 0.25) is 0 Å². The number of allylic oxidation sites excluding steroid dienone is 2. The van der Waals surface area contributed by atoms with Crippen LogP contribution in [0.4, 0.5) is 0 Å². The molecule has 0 aliphatic rings. The van der Waals surface area contributed by atoms with E-state index in [1.54, 1.807) is 6.92 Å². The molecule has 0 heterocycles. The summed E-state index contributed by atoms with van der Waals surface area (Å²) in [4.78, 5) is 9.96. The van der Waals surface area contributed by atoms with Crippen molar-refractivity contribution >= 4 is 0 Å². The summed E-state index contributed by atoms with van der Waals surface area (Å²) in [7, 11) is 0. The molecule has 0 saturated heterocycles. The van der Waals surface area contributed by atoms with Crippen LogP contribution in [0.25, 0.3) is 0 Å². The van der Waals surface area contributed by atoms with Gasteiger partial charge < -0.3 is 10.8 Å². The van der Waals surface area contributed by atoms with Gasteiger partial charge in [-0.05, 0) is 18.2 Å². The van der Waals surface area contributed by atoms with E-state index in [1.165, 1.54) is 12.2 Å². The van der Waals surface area contributed by atoms with Crippen LogP contribution in [0.2, 0.25) is 0 Å². The fourth-order valence-corrected chi connectivity index (χ4v) is 0.405. The minimum Gasteiger partial charge on any atom is -0.506 e. The Kier molecular flexibility index (Phi) is 3.66. The molecule has 0 unspecified atom stereocenters. The highest BCUT2D eigenvalue weighted by Crippen LogP contribution is 2.03. The van der Waals surface area contributed by atoms with Gasteiger partial charge in [0.25, 0.3) is 0 Å². The third kappa shape index (κ3) is 3.20. The van der Waals surface area contributed by atoms with E-state index in [0.29, 0.717) is 0 Å². The first kappa shape index (κ1) is 9.42. The maximum Gasteiger partial charge on any atom is 0.131 e. The molecule has 0 fully saturated rings. The van der Waals surface area contributed by atoms with Gasteiger partial charge in [0.05, 0.1) is 5.70 Å². The second-order valence-electron chi connectivity index (χ2n) is 1.85. The predicted molar refractivity (Wildman–Crippen MR) is 43.6 cm³/mol. The number of nitrogens with zero attached hydrogens (tertiary/aromatic N) is 1. The molecule has 0 aliphatic carbocycles. The zero-order valence-corrected chi connectivity index (χ0v) is 6.24. The number of rotatable bonds is 3. The summed E-state index contributed by atoms with van der Waals surface area (Å²) >= 11 is 0. The molecule has 0 aromatic carbocycles. The van der Waals surface area contributed by atoms with Gasteiger partial charge >= 0.3 is 0 Å². The fraction of sp³-hybridized carbons (Fsp3) is 0.143. The number of nitroso groups, excluding NO2 is 1. The van der Waals surface area contributed by atoms with Crippen LogP contribution in [0.15, 0.2) is 41.1 Å². The second-order valence-corrected chi connectivity index (χ2v) is 1.85. The van der Waals surface area contributed by atoms with Gasteiger partial charge in [-0.1, -0.05) is 12.7 Å². The zero-order chi connectivity index (χ0) is 8.85. The van der Waals surface area contributed by atoms with Gasteiger partial charge in [-0.2, -0.15) is 0 Å². The molecule has 0 aromatic rings. The molecule has 0 bridgehead atoms. The van der Waals surface area contributed by atoms with Crippen LogP contribution in [0.1, 0.15) is 6.92 Å². The Morgan fingerprint density at radius 3 is 2.55 bits per heavy atom. The highest BCUT2D eigenvalue weighted by atomic mass is 16.3. The first-order chi connectivity index (χ1) is 5.11. The van der Waals surface area contributed by atoms with Crippen molar-refractivity contribution in [3.8, 4) is 0 Å². The van der Waals surface area contributed by atoms with E-state index in [2.05, 4.69) is 11.8 Å². The molecule has 0 aliphatic heterocycles. The molecule has 0 spiro atoms. The van der Waals surface area contributed by atoms with Crippen molar-refractivity contribution in [2.24, 2.45) is 10.9 Å². The summed E-state index contributed by atoms with van der Waals surface area (Å²) in [5.74, 6) is -0.270. The van der Waals surface area contributed by atoms with Gasteiger partial charge in [-0.25, -0.2) is 0 Å². The number of aliphatic hydroxyl groups is 1. The SMILES string of the molecule is C=C(O)/C(N)=C\C(=C/C)N=O. The van der Waals surface area contributed by atoms with Gasteiger partial charge in [-0.15, -0.1) is 4.91 Å². The first-order valence-electron chi connectivity index (χ1n) is 2.97. The summed E-state index contributed by atoms with van der Waals surface area (Å²) in [5.41, 5.74) is 5.44. The fourth-order valence-electron chi connectivity index (χ4n) is 0.405. The van der Waals surface area contributed by atoms with Crippen molar-refractivity contribution in [1.82, 2.24) is 0 Å². The molecule has 4 nitrogen and oxygen atoms in total. The van der Waals surface area contributed by atoms with Crippen LogP contribution in [0, 0.1) is 4.91 Å². The highest BCUT2D eigenvalue weighted by Gasteiger charge is 1.95. The molecule has 0 rings (SSSR count). The van der Waals surface area contributed by atoms with Crippen molar-refractivity contribution in [3.63, 3.8) is 0 Å². The van der Waals surface area contributed by atoms with Crippen LogP contribution in [-0.4, -0.2) is 5.11 Å². The lowest BCUT2D eigenvalue weighted by Gasteiger charge is -1.95. The molecule has 0 amide bonds. The first-order valence-corrected chi connectivity index (χ1v) is 2.97. The number of hydrogen-bond acceptors (Lipinski definition) is 4. The molecule has 0 atom stereocenters. The Morgan fingerprint density at radius 2 is 2.27 bits per heavy atom. The summed E-state index contributed by atoms with van der Waals surface area (Å²) in [6.07, 6.45) is 2.72. The average molecular weight is 154 g/mol. The molecule has 3 N–H and O–H groups in total. The molecule has 0 saturated carbocycles. The van der Waals surface area contributed by atoms with Crippen LogP contribution in [0.3, 0.4) is 0 Å². The van der Waals surface area contributed by atoms with Crippen molar-refractivity contribution in [3.05, 3.63) is 40.8 Å². The average Bonchev–Trinajstić information content (AvgIpc) is 1.99. The molecular formula is C7H10N2O2. The second kappa shape index (κ2) is 4.27. The minimum absolute atomic E-state index is 0.0395. The third-order valence-electron chi connectivity index (χ3n) is 1.04. The third-order valence-corrected chi connectivity index (χ3v) is 1.04. The van der Waals surface area contributed by atoms with E-state index >= 15 is 0 Å². The number of nitrogens with two attached hydrogens (primary N) is 1. The van der Waals surface area contributed by atoms with Gasteiger partial charge in [-0.3, -0.25) is 0 Å². The summed E-state index contributed by atoms with van der Waals surface area (Å²) in [5, 5.41) is 11.3. The number of aliphatic hydroxyl groups excluding tert-OH is 1. The number of hydrogen-bond donors (Lipinski definition) is 2. The quantitative estimate of drug-likeness (QED) is 0.368. The molecular weight excluding hydrogens is 144 g/mol. The Morgan fingerprint density at radius 1 is 1.73 bits per heavy atom. The van der Waals surface area contributed by atoms with E-state index in [-0.39, 0.29) is 17.2 Å². The molecule has 11 heavy (non-hydrogen) atoms. The topological polar surface area (TPSA) is 75.7 Å². The summed E-state index contributed by atoms with van der Waals surface area (Å²) in [6.45, 7) is 4.81. The Hall–Kier alpha value is -1.58. The van der Waals surface area contributed by atoms with Gasteiger partial charge in [0.15, 0.2) is 0 Å². The highest BCUT2D eigenvalue weighted by molar-refractivity contribution is 5.28. The molecule has 0 radical (unpaired) electrons. The van der Waals surface area contributed by atoms with E-state index in [0.717, 1.165) is 0 Å². The van der Waals surface area contributed by atoms with E-state index in [9.17, 15) is 4.91 Å². The van der Waals surface area contributed by atoms with Crippen molar-refractivity contribution < 1.29 is 5.11 Å². The summed E-state index contributed by atoms with van der Waals surface area (Å²) < 4.78 is 0. The van der Waals surface area contributed by atoms with E-state index in [4.69, 9.17) is 10.8 Å².